The van der Waals surface area contributed by atoms with Crippen molar-refractivity contribution in [1.29, 1.82) is 0 Å². The Labute approximate surface area is 151 Å². The molecule has 2 rings (SSSR count). The summed E-state index contributed by atoms with van der Waals surface area (Å²) in [6.07, 6.45) is 0.944. The predicted octanol–water partition coefficient (Wildman–Crippen LogP) is 2.61. The van der Waals surface area contributed by atoms with E-state index in [0.29, 0.717) is 17.4 Å². The van der Waals surface area contributed by atoms with Crippen molar-refractivity contribution in [3.8, 4) is 0 Å². The van der Waals surface area contributed by atoms with Crippen molar-refractivity contribution in [3.05, 3.63) is 40.9 Å². The molecule has 0 atom stereocenters. The van der Waals surface area contributed by atoms with Gasteiger partial charge in [0.25, 0.3) is 0 Å². The summed E-state index contributed by atoms with van der Waals surface area (Å²) in [5.74, 6) is -0.184. The molecule has 6 nitrogen and oxygen atoms in total. The molecule has 0 bridgehead atoms. The van der Waals surface area contributed by atoms with Crippen LogP contribution in [0, 0.1) is 5.41 Å². The molecule has 0 aliphatic heterocycles. The number of carbonyl (C=O) groups excluding carboxylic acids is 2. The van der Waals surface area contributed by atoms with E-state index in [2.05, 4.69) is 15.6 Å². The maximum Gasteiger partial charge on any atom is 0.231 e. The fourth-order valence-corrected chi connectivity index (χ4v) is 2.69. The molecule has 25 heavy (non-hydrogen) atoms. The maximum atomic E-state index is 12.0. The third-order valence-electron chi connectivity index (χ3n) is 3.51. The molecular weight excluding hydrogens is 336 g/mol. The largest absolute Gasteiger partial charge is 0.399 e. The monoisotopic (exact) mass is 360 g/mol. The number of thiazole rings is 1. The summed E-state index contributed by atoms with van der Waals surface area (Å²) >= 11 is 1.32. The summed E-state index contributed by atoms with van der Waals surface area (Å²) in [6.45, 7) is 6.07. The summed E-state index contributed by atoms with van der Waals surface area (Å²) in [5, 5.41) is 7.95. The smallest absolute Gasteiger partial charge is 0.231 e. The molecule has 0 unspecified atom stereocenters. The van der Waals surface area contributed by atoms with E-state index in [1.54, 1.807) is 5.38 Å². The molecule has 0 spiro atoms. The highest BCUT2D eigenvalue weighted by atomic mass is 32.1. The highest BCUT2D eigenvalue weighted by Crippen LogP contribution is 2.20. The third-order valence-corrected chi connectivity index (χ3v) is 4.32. The zero-order chi connectivity index (χ0) is 18.4. The molecule has 0 saturated carbocycles. The molecule has 2 aromatic rings. The number of amides is 2. The van der Waals surface area contributed by atoms with Gasteiger partial charge in [0.2, 0.25) is 11.8 Å². The van der Waals surface area contributed by atoms with Gasteiger partial charge in [-0.3, -0.25) is 9.59 Å². The molecule has 7 heteroatoms. The van der Waals surface area contributed by atoms with E-state index in [0.717, 1.165) is 17.7 Å². The Morgan fingerprint density at radius 1 is 1.20 bits per heavy atom. The Kier molecular flexibility index (Phi) is 6.14. The fourth-order valence-electron chi connectivity index (χ4n) is 1.99. The lowest BCUT2D eigenvalue weighted by Gasteiger charge is -2.15. The zero-order valence-electron chi connectivity index (χ0n) is 14.8. The first-order chi connectivity index (χ1) is 11.7. The van der Waals surface area contributed by atoms with E-state index >= 15 is 0 Å². The van der Waals surface area contributed by atoms with Crippen molar-refractivity contribution >= 4 is 34.0 Å². The second-order valence-electron chi connectivity index (χ2n) is 6.87. The van der Waals surface area contributed by atoms with Crippen molar-refractivity contribution in [1.82, 2.24) is 10.3 Å². The zero-order valence-corrected chi connectivity index (χ0v) is 15.6. The van der Waals surface area contributed by atoms with Crippen molar-refractivity contribution in [3.63, 3.8) is 0 Å². The second-order valence-corrected chi connectivity index (χ2v) is 7.72. The van der Waals surface area contributed by atoms with Gasteiger partial charge < -0.3 is 16.4 Å². The summed E-state index contributed by atoms with van der Waals surface area (Å²) in [6, 6.07) is 7.60. The van der Waals surface area contributed by atoms with Gasteiger partial charge in [0, 0.05) is 23.0 Å². The first-order valence-corrected chi connectivity index (χ1v) is 8.99. The molecule has 0 aliphatic rings. The normalized spacial score (nSPS) is 11.2. The van der Waals surface area contributed by atoms with Crippen molar-refractivity contribution in [2.75, 3.05) is 17.6 Å². The van der Waals surface area contributed by atoms with Crippen LogP contribution >= 0.6 is 11.3 Å². The van der Waals surface area contributed by atoms with Crippen LogP contribution in [-0.4, -0.2) is 23.3 Å². The van der Waals surface area contributed by atoms with Crippen LogP contribution < -0.4 is 16.4 Å². The fraction of sp³-hybridized carbons (Fsp3) is 0.389. The number of carbonyl (C=O) groups is 2. The van der Waals surface area contributed by atoms with Gasteiger partial charge in [-0.15, -0.1) is 11.3 Å². The Balaban J connectivity index is 1.77. The van der Waals surface area contributed by atoms with Crippen molar-refractivity contribution in [2.24, 2.45) is 5.41 Å². The van der Waals surface area contributed by atoms with Gasteiger partial charge in [-0.05, 0) is 24.1 Å². The van der Waals surface area contributed by atoms with Crippen LogP contribution in [0.25, 0.3) is 0 Å². The van der Waals surface area contributed by atoms with E-state index in [1.165, 1.54) is 11.3 Å². The number of nitrogen functional groups attached to an aromatic ring is 1. The number of rotatable bonds is 6. The number of hydrogen-bond donors (Lipinski definition) is 3. The molecule has 1 aromatic heterocycles. The number of anilines is 2. The van der Waals surface area contributed by atoms with Crippen LogP contribution in [0.2, 0.25) is 0 Å². The van der Waals surface area contributed by atoms with Gasteiger partial charge in [-0.25, -0.2) is 4.98 Å². The Morgan fingerprint density at radius 3 is 2.52 bits per heavy atom. The van der Waals surface area contributed by atoms with Gasteiger partial charge in [0.05, 0.1) is 12.1 Å². The summed E-state index contributed by atoms with van der Waals surface area (Å²) in [4.78, 5) is 28.2. The van der Waals surface area contributed by atoms with E-state index in [9.17, 15) is 9.59 Å². The Bertz CT molecular complexity index is 732. The minimum Gasteiger partial charge on any atom is -0.399 e. The molecule has 0 radical (unpaired) electrons. The number of hydrogen-bond acceptors (Lipinski definition) is 5. The average Bonchev–Trinajstić information content (AvgIpc) is 2.95. The summed E-state index contributed by atoms with van der Waals surface area (Å²) in [7, 11) is 0. The molecule has 134 valence electrons. The third kappa shape index (κ3) is 6.19. The molecule has 0 fully saturated rings. The lowest BCUT2D eigenvalue weighted by atomic mass is 9.96. The van der Waals surface area contributed by atoms with E-state index in [4.69, 9.17) is 5.73 Å². The first-order valence-electron chi connectivity index (χ1n) is 8.11. The lowest BCUT2D eigenvalue weighted by molar-refractivity contribution is -0.123. The van der Waals surface area contributed by atoms with Gasteiger partial charge in [-0.1, -0.05) is 32.9 Å². The number of aromatic nitrogens is 1. The van der Waals surface area contributed by atoms with Gasteiger partial charge in [0.1, 0.15) is 0 Å². The first kappa shape index (κ1) is 18.9. The van der Waals surface area contributed by atoms with E-state index in [1.807, 2.05) is 45.0 Å². The average molecular weight is 360 g/mol. The van der Waals surface area contributed by atoms with Crippen molar-refractivity contribution < 1.29 is 9.59 Å². The van der Waals surface area contributed by atoms with Crippen LogP contribution in [0.5, 0.6) is 0 Å². The Morgan fingerprint density at radius 2 is 1.88 bits per heavy atom. The molecular formula is C18H24N4O2S. The number of nitrogens with two attached hydrogens (primary N) is 1. The standard InChI is InChI=1S/C18H24N4O2S/c1-18(2,3)16(24)22-17-21-14(11-25-17)10-15(23)20-9-8-12-4-6-13(19)7-5-12/h4-7,11H,8-10,19H2,1-3H3,(H,20,23)(H,21,22,24). The van der Waals surface area contributed by atoms with Crippen LogP contribution in [0.4, 0.5) is 10.8 Å². The molecule has 2 amide bonds. The minimum atomic E-state index is -0.481. The van der Waals surface area contributed by atoms with Crippen LogP contribution in [-0.2, 0) is 22.4 Å². The second kappa shape index (κ2) is 8.11. The minimum absolute atomic E-state index is 0.0885. The SMILES string of the molecule is CC(C)(C)C(=O)Nc1nc(CC(=O)NCCc2ccc(N)cc2)cs1. The van der Waals surface area contributed by atoms with Crippen LogP contribution in [0.1, 0.15) is 32.0 Å². The molecule has 4 N–H and O–H groups in total. The van der Waals surface area contributed by atoms with Gasteiger partial charge >= 0.3 is 0 Å². The van der Waals surface area contributed by atoms with Crippen molar-refractivity contribution in [2.45, 2.75) is 33.6 Å². The number of nitrogens with one attached hydrogen (secondary N) is 2. The van der Waals surface area contributed by atoms with Gasteiger partial charge in [-0.2, -0.15) is 0 Å². The molecule has 0 saturated heterocycles. The summed E-state index contributed by atoms with van der Waals surface area (Å²) in [5.41, 5.74) is 7.66. The highest BCUT2D eigenvalue weighted by Gasteiger charge is 2.22. The van der Waals surface area contributed by atoms with Crippen LogP contribution in [0.15, 0.2) is 29.6 Å². The Hall–Kier alpha value is -2.41. The van der Waals surface area contributed by atoms with E-state index < -0.39 is 5.41 Å². The van der Waals surface area contributed by atoms with E-state index in [-0.39, 0.29) is 18.2 Å². The number of nitrogens with zero attached hydrogens (tertiary/aromatic N) is 1. The van der Waals surface area contributed by atoms with Gasteiger partial charge in [0.15, 0.2) is 5.13 Å². The highest BCUT2D eigenvalue weighted by molar-refractivity contribution is 7.13. The molecule has 0 aliphatic carbocycles. The van der Waals surface area contributed by atoms with Crippen LogP contribution in [0.3, 0.4) is 0 Å². The topological polar surface area (TPSA) is 97.1 Å². The molecule has 1 heterocycles. The molecule has 1 aromatic carbocycles. The predicted molar refractivity (Wildman–Crippen MR) is 101 cm³/mol. The maximum absolute atomic E-state index is 12.0. The quantitative estimate of drug-likeness (QED) is 0.690. The number of benzene rings is 1. The lowest BCUT2D eigenvalue weighted by Crippen LogP contribution is -2.28. The summed E-state index contributed by atoms with van der Waals surface area (Å²) < 4.78 is 0.